The zero-order chi connectivity index (χ0) is 18.9. The van der Waals surface area contributed by atoms with Gasteiger partial charge in [-0.3, -0.25) is 9.59 Å². The molecule has 142 valence electrons. The van der Waals surface area contributed by atoms with Gasteiger partial charge in [-0.05, 0) is 25.3 Å². The van der Waals surface area contributed by atoms with Crippen molar-refractivity contribution in [3.63, 3.8) is 0 Å². The van der Waals surface area contributed by atoms with E-state index in [0.29, 0.717) is 25.2 Å². The third-order valence-corrected chi connectivity index (χ3v) is 6.00. The molecule has 1 aromatic heterocycles. The van der Waals surface area contributed by atoms with Gasteiger partial charge in [0.25, 0.3) is 5.56 Å². The summed E-state index contributed by atoms with van der Waals surface area (Å²) in [6.45, 7) is 1.05. The minimum absolute atomic E-state index is 0.0648. The SMILES string of the molecule is O=C(Cn1nc(-c2ccccc2)ccc1=O)N1CC[C@@]2(O)CCCC[C@@H]2C1. The predicted molar refractivity (Wildman–Crippen MR) is 102 cm³/mol. The number of nitrogens with zero attached hydrogens (tertiary/aromatic N) is 3. The van der Waals surface area contributed by atoms with Gasteiger partial charge in [-0.2, -0.15) is 5.10 Å². The second-order valence-corrected chi connectivity index (χ2v) is 7.72. The monoisotopic (exact) mass is 367 g/mol. The molecule has 1 aliphatic carbocycles. The van der Waals surface area contributed by atoms with Crippen molar-refractivity contribution in [2.75, 3.05) is 13.1 Å². The number of carbonyl (C=O) groups is 1. The fourth-order valence-electron chi connectivity index (χ4n) is 4.35. The third-order valence-electron chi connectivity index (χ3n) is 6.00. The summed E-state index contributed by atoms with van der Waals surface area (Å²) >= 11 is 0. The van der Waals surface area contributed by atoms with Crippen molar-refractivity contribution in [3.05, 3.63) is 52.8 Å². The first-order valence-electron chi connectivity index (χ1n) is 9.69. The van der Waals surface area contributed by atoms with Gasteiger partial charge in [0.2, 0.25) is 5.91 Å². The first kappa shape index (κ1) is 17.9. The highest BCUT2D eigenvalue weighted by atomic mass is 16.3. The number of hydrogen-bond donors (Lipinski definition) is 1. The van der Waals surface area contributed by atoms with Gasteiger partial charge < -0.3 is 10.0 Å². The van der Waals surface area contributed by atoms with Crippen molar-refractivity contribution in [1.82, 2.24) is 14.7 Å². The fourth-order valence-corrected chi connectivity index (χ4v) is 4.35. The normalized spacial score (nSPS) is 25.1. The molecule has 2 heterocycles. The fraction of sp³-hybridized carbons (Fsp3) is 0.476. The second kappa shape index (κ2) is 7.27. The topological polar surface area (TPSA) is 75.4 Å². The Labute approximate surface area is 158 Å². The molecular weight excluding hydrogens is 342 g/mol. The first-order valence-corrected chi connectivity index (χ1v) is 9.69. The van der Waals surface area contributed by atoms with Gasteiger partial charge >= 0.3 is 0 Å². The Balaban J connectivity index is 1.49. The van der Waals surface area contributed by atoms with Crippen LogP contribution in [-0.2, 0) is 11.3 Å². The van der Waals surface area contributed by atoms with Crippen LogP contribution in [0, 0.1) is 5.92 Å². The summed E-state index contributed by atoms with van der Waals surface area (Å²) < 4.78 is 1.24. The van der Waals surface area contributed by atoms with E-state index in [1.165, 1.54) is 10.7 Å². The Kier molecular flexibility index (Phi) is 4.83. The molecule has 1 amide bonds. The lowest BCUT2D eigenvalue weighted by Gasteiger charge is -2.47. The highest BCUT2D eigenvalue weighted by molar-refractivity contribution is 5.76. The number of fused-ring (bicyclic) bond motifs is 1. The summed E-state index contributed by atoms with van der Waals surface area (Å²) in [6, 6.07) is 12.7. The lowest BCUT2D eigenvalue weighted by Crippen LogP contribution is -2.55. The molecule has 6 nitrogen and oxygen atoms in total. The van der Waals surface area contributed by atoms with Gasteiger partial charge in [-0.15, -0.1) is 0 Å². The number of piperidine rings is 1. The first-order chi connectivity index (χ1) is 13.0. The Morgan fingerprint density at radius 2 is 1.96 bits per heavy atom. The van der Waals surface area contributed by atoms with Crippen LogP contribution in [0.25, 0.3) is 11.3 Å². The zero-order valence-corrected chi connectivity index (χ0v) is 15.4. The largest absolute Gasteiger partial charge is 0.389 e. The van der Waals surface area contributed by atoms with Crippen molar-refractivity contribution >= 4 is 5.91 Å². The average molecular weight is 367 g/mol. The number of likely N-dealkylation sites (tertiary alicyclic amines) is 1. The molecule has 1 aromatic carbocycles. The molecule has 1 saturated heterocycles. The van der Waals surface area contributed by atoms with Gasteiger partial charge in [0.1, 0.15) is 6.54 Å². The second-order valence-electron chi connectivity index (χ2n) is 7.72. The van der Waals surface area contributed by atoms with E-state index in [2.05, 4.69) is 5.10 Å². The van der Waals surface area contributed by atoms with E-state index in [0.717, 1.165) is 31.2 Å². The van der Waals surface area contributed by atoms with Crippen molar-refractivity contribution in [3.8, 4) is 11.3 Å². The Morgan fingerprint density at radius 1 is 1.15 bits per heavy atom. The molecule has 2 aliphatic rings. The summed E-state index contributed by atoms with van der Waals surface area (Å²) in [5.41, 5.74) is 0.679. The molecule has 0 bridgehead atoms. The van der Waals surface area contributed by atoms with Crippen LogP contribution >= 0.6 is 0 Å². The van der Waals surface area contributed by atoms with E-state index in [1.54, 1.807) is 11.0 Å². The lowest BCUT2D eigenvalue weighted by atomic mass is 9.71. The Bertz CT molecular complexity index is 880. The number of amides is 1. The number of aromatic nitrogens is 2. The molecule has 2 aromatic rings. The van der Waals surface area contributed by atoms with E-state index in [1.807, 2.05) is 30.3 Å². The maximum atomic E-state index is 12.8. The quantitative estimate of drug-likeness (QED) is 0.901. The average Bonchev–Trinajstić information content (AvgIpc) is 2.69. The molecule has 0 unspecified atom stereocenters. The van der Waals surface area contributed by atoms with Crippen molar-refractivity contribution < 1.29 is 9.90 Å². The highest BCUT2D eigenvalue weighted by Gasteiger charge is 2.43. The van der Waals surface area contributed by atoms with Crippen LogP contribution in [0.15, 0.2) is 47.3 Å². The van der Waals surface area contributed by atoms with E-state index < -0.39 is 5.60 Å². The number of aliphatic hydroxyl groups is 1. The minimum Gasteiger partial charge on any atom is -0.389 e. The van der Waals surface area contributed by atoms with Crippen molar-refractivity contribution in [2.45, 2.75) is 44.2 Å². The van der Waals surface area contributed by atoms with Crippen LogP contribution in [0.3, 0.4) is 0 Å². The molecule has 1 saturated carbocycles. The summed E-state index contributed by atoms with van der Waals surface area (Å²) in [5.74, 6) is 0.0340. The number of carbonyl (C=O) groups excluding carboxylic acids is 1. The van der Waals surface area contributed by atoms with Crippen LogP contribution in [-0.4, -0.2) is 44.4 Å². The molecule has 6 heteroatoms. The van der Waals surface area contributed by atoms with Crippen LogP contribution in [0.1, 0.15) is 32.1 Å². The standard InChI is InChI=1S/C21H25N3O3/c25-19-10-9-18(16-6-2-1-3-7-16)22-24(19)15-20(26)23-13-12-21(27)11-5-4-8-17(21)14-23/h1-3,6-7,9-10,17,27H,4-5,8,11-15H2/t17-,21+/m1/s1. The Hall–Kier alpha value is -2.47. The molecule has 1 N–H and O–H groups in total. The molecule has 2 fully saturated rings. The van der Waals surface area contributed by atoms with Gasteiger partial charge in [-0.25, -0.2) is 4.68 Å². The summed E-state index contributed by atoms with van der Waals surface area (Å²) in [7, 11) is 0. The summed E-state index contributed by atoms with van der Waals surface area (Å²) in [4.78, 5) is 26.8. The molecule has 4 rings (SSSR count). The van der Waals surface area contributed by atoms with Gasteiger partial charge in [-0.1, -0.05) is 43.2 Å². The maximum Gasteiger partial charge on any atom is 0.267 e. The van der Waals surface area contributed by atoms with Crippen LogP contribution in [0.4, 0.5) is 0 Å². The smallest absolute Gasteiger partial charge is 0.267 e. The maximum absolute atomic E-state index is 12.8. The summed E-state index contributed by atoms with van der Waals surface area (Å²) in [6.07, 6.45) is 4.58. The summed E-state index contributed by atoms with van der Waals surface area (Å²) in [5, 5.41) is 15.2. The lowest BCUT2D eigenvalue weighted by molar-refractivity contribution is -0.144. The molecule has 0 spiro atoms. The van der Waals surface area contributed by atoms with Crippen LogP contribution in [0.5, 0.6) is 0 Å². The predicted octanol–water partition coefficient (Wildman–Crippen LogP) is 2.06. The minimum atomic E-state index is -0.614. The van der Waals surface area contributed by atoms with Gasteiger partial charge in [0.05, 0.1) is 11.3 Å². The van der Waals surface area contributed by atoms with Crippen molar-refractivity contribution in [2.24, 2.45) is 5.92 Å². The van der Waals surface area contributed by atoms with E-state index in [9.17, 15) is 14.7 Å². The van der Waals surface area contributed by atoms with Crippen molar-refractivity contribution in [1.29, 1.82) is 0 Å². The highest BCUT2D eigenvalue weighted by Crippen LogP contribution is 2.39. The van der Waals surface area contributed by atoms with Crippen LogP contribution < -0.4 is 5.56 Å². The van der Waals surface area contributed by atoms with E-state index in [-0.39, 0.29) is 23.9 Å². The molecule has 0 radical (unpaired) electrons. The van der Waals surface area contributed by atoms with E-state index in [4.69, 9.17) is 0 Å². The molecule has 1 aliphatic heterocycles. The van der Waals surface area contributed by atoms with Crippen LogP contribution in [0.2, 0.25) is 0 Å². The van der Waals surface area contributed by atoms with Gasteiger partial charge in [0, 0.05) is 30.6 Å². The number of rotatable bonds is 3. The molecule has 2 atom stereocenters. The zero-order valence-electron chi connectivity index (χ0n) is 15.4. The van der Waals surface area contributed by atoms with E-state index >= 15 is 0 Å². The number of hydrogen-bond acceptors (Lipinski definition) is 4. The Morgan fingerprint density at radius 3 is 2.78 bits per heavy atom. The molecular formula is C21H25N3O3. The number of benzene rings is 1. The van der Waals surface area contributed by atoms with Gasteiger partial charge in [0.15, 0.2) is 0 Å². The molecule has 27 heavy (non-hydrogen) atoms. The third kappa shape index (κ3) is 3.67.